The molecular weight excluding hydrogens is 208 g/mol. The Morgan fingerprint density at radius 2 is 2.00 bits per heavy atom. The summed E-state index contributed by atoms with van der Waals surface area (Å²) in [4.78, 5) is 14.5. The number of aromatic nitrogens is 1. The standard InChI is InChI=1S/C11H10N2O3/c1-6-3-9-8(5-10(6)13(15)16)11(14)4-7(2)12-9/h3-5H,1-2H3,(H,12,14). The molecule has 0 amide bonds. The number of pyridine rings is 1. The van der Waals surface area contributed by atoms with Gasteiger partial charge in [-0.15, -0.1) is 0 Å². The molecule has 5 heteroatoms. The molecule has 0 radical (unpaired) electrons. The fourth-order valence-corrected chi connectivity index (χ4v) is 1.67. The minimum absolute atomic E-state index is 0.00606. The third-order valence-electron chi connectivity index (χ3n) is 2.43. The number of benzene rings is 1. The molecule has 0 spiro atoms. The zero-order valence-corrected chi connectivity index (χ0v) is 8.89. The van der Waals surface area contributed by atoms with E-state index >= 15 is 0 Å². The minimum atomic E-state index is -0.464. The van der Waals surface area contributed by atoms with Gasteiger partial charge in [0.2, 0.25) is 0 Å². The highest BCUT2D eigenvalue weighted by Crippen LogP contribution is 2.30. The van der Waals surface area contributed by atoms with E-state index < -0.39 is 4.92 Å². The molecule has 0 aliphatic rings. The van der Waals surface area contributed by atoms with Crippen LogP contribution in [0, 0.1) is 24.0 Å². The van der Waals surface area contributed by atoms with Crippen molar-refractivity contribution < 1.29 is 10.0 Å². The van der Waals surface area contributed by atoms with Crippen LogP contribution in [0.15, 0.2) is 18.2 Å². The number of nitro benzene ring substituents is 1. The molecule has 0 aliphatic heterocycles. The molecule has 0 atom stereocenters. The second-order valence-corrected chi connectivity index (χ2v) is 3.70. The predicted octanol–water partition coefficient (Wildman–Crippen LogP) is 2.47. The van der Waals surface area contributed by atoms with Gasteiger partial charge in [0.25, 0.3) is 5.69 Å². The molecular formula is C11H10N2O3. The number of aromatic hydroxyl groups is 1. The summed E-state index contributed by atoms with van der Waals surface area (Å²) < 4.78 is 0. The Hall–Kier alpha value is -2.17. The third kappa shape index (κ3) is 1.56. The SMILES string of the molecule is Cc1cc(O)c2cc([N+](=O)[O-])c(C)cc2n1. The van der Waals surface area contributed by atoms with E-state index in [1.54, 1.807) is 19.9 Å². The molecule has 16 heavy (non-hydrogen) atoms. The van der Waals surface area contributed by atoms with E-state index in [2.05, 4.69) is 4.98 Å². The average Bonchev–Trinajstić information content (AvgIpc) is 2.15. The van der Waals surface area contributed by atoms with Gasteiger partial charge in [-0.1, -0.05) is 0 Å². The van der Waals surface area contributed by atoms with Crippen LogP contribution in [-0.2, 0) is 0 Å². The normalized spacial score (nSPS) is 10.6. The van der Waals surface area contributed by atoms with Crippen molar-refractivity contribution in [1.29, 1.82) is 0 Å². The van der Waals surface area contributed by atoms with Crippen molar-refractivity contribution in [1.82, 2.24) is 4.98 Å². The molecule has 1 heterocycles. The lowest BCUT2D eigenvalue weighted by Gasteiger charge is -2.04. The Bertz CT molecular complexity index is 593. The molecule has 0 fully saturated rings. The summed E-state index contributed by atoms with van der Waals surface area (Å²) >= 11 is 0. The van der Waals surface area contributed by atoms with Crippen LogP contribution in [0.25, 0.3) is 10.9 Å². The topological polar surface area (TPSA) is 76.3 Å². The van der Waals surface area contributed by atoms with Crippen molar-refractivity contribution in [2.45, 2.75) is 13.8 Å². The van der Waals surface area contributed by atoms with Gasteiger partial charge >= 0.3 is 0 Å². The second-order valence-electron chi connectivity index (χ2n) is 3.70. The van der Waals surface area contributed by atoms with Crippen molar-refractivity contribution in [3.8, 4) is 5.75 Å². The predicted molar refractivity (Wildman–Crippen MR) is 59.5 cm³/mol. The molecule has 0 aliphatic carbocycles. The van der Waals surface area contributed by atoms with Crippen LogP contribution in [0.5, 0.6) is 5.75 Å². The fraction of sp³-hybridized carbons (Fsp3) is 0.182. The van der Waals surface area contributed by atoms with E-state index in [0.29, 0.717) is 22.2 Å². The van der Waals surface area contributed by atoms with Crippen LogP contribution >= 0.6 is 0 Å². The third-order valence-corrected chi connectivity index (χ3v) is 2.43. The van der Waals surface area contributed by atoms with Gasteiger partial charge in [0, 0.05) is 28.8 Å². The van der Waals surface area contributed by atoms with Gasteiger partial charge in [-0.25, -0.2) is 0 Å². The van der Waals surface area contributed by atoms with Crippen molar-refractivity contribution in [3.63, 3.8) is 0 Å². The first-order valence-electron chi connectivity index (χ1n) is 4.74. The largest absolute Gasteiger partial charge is 0.507 e. The summed E-state index contributed by atoms with van der Waals surface area (Å²) in [6.07, 6.45) is 0. The van der Waals surface area contributed by atoms with E-state index in [4.69, 9.17) is 0 Å². The van der Waals surface area contributed by atoms with E-state index in [9.17, 15) is 15.2 Å². The first-order valence-corrected chi connectivity index (χ1v) is 4.74. The minimum Gasteiger partial charge on any atom is -0.507 e. The van der Waals surface area contributed by atoms with E-state index in [-0.39, 0.29) is 11.4 Å². The van der Waals surface area contributed by atoms with E-state index in [1.165, 1.54) is 12.1 Å². The lowest BCUT2D eigenvalue weighted by molar-refractivity contribution is -0.385. The number of rotatable bonds is 1. The number of nitro groups is 1. The molecule has 0 bridgehead atoms. The fourth-order valence-electron chi connectivity index (χ4n) is 1.67. The maximum Gasteiger partial charge on any atom is 0.273 e. The highest BCUT2D eigenvalue weighted by atomic mass is 16.6. The van der Waals surface area contributed by atoms with Crippen LogP contribution in [0.1, 0.15) is 11.3 Å². The molecule has 1 aromatic carbocycles. The smallest absolute Gasteiger partial charge is 0.273 e. The van der Waals surface area contributed by atoms with Crippen LogP contribution in [0.2, 0.25) is 0 Å². The quantitative estimate of drug-likeness (QED) is 0.589. The number of fused-ring (bicyclic) bond motifs is 1. The molecule has 5 nitrogen and oxygen atoms in total. The van der Waals surface area contributed by atoms with Crippen LogP contribution in [0.3, 0.4) is 0 Å². The Labute approximate surface area is 91.5 Å². The summed E-state index contributed by atoms with van der Waals surface area (Å²) in [5, 5.41) is 20.8. The number of aryl methyl sites for hydroxylation is 2. The van der Waals surface area contributed by atoms with Crippen molar-refractivity contribution in [2.24, 2.45) is 0 Å². The van der Waals surface area contributed by atoms with Crippen molar-refractivity contribution in [2.75, 3.05) is 0 Å². The first kappa shape index (κ1) is 10.4. The molecule has 0 saturated heterocycles. The molecule has 1 N–H and O–H groups in total. The summed E-state index contributed by atoms with van der Waals surface area (Å²) in [5.41, 5.74) is 1.78. The number of nitrogens with zero attached hydrogens (tertiary/aromatic N) is 2. The van der Waals surface area contributed by atoms with Crippen molar-refractivity contribution >= 4 is 16.6 Å². The van der Waals surface area contributed by atoms with E-state index in [0.717, 1.165) is 0 Å². The molecule has 2 rings (SSSR count). The van der Waals surface area contributed by atoms with Crippen LogP contribution in [-0.4, -0.2) is 15.0 Å². The summed E-state index contributed by atoms with van der Waals surface area (Å²) in [6.45, 7) is 3.41. The highest BCUT2D eigenvalue weighted by molar-refractivity contribution is 5.88. The molecule has 82 valence electrons. The van der Waals surface area contributed by atoms with Gasteiger partial charge in [-0.3, -0.25) is 15.1 Å². The van der Waals surface area contributed by atoms with Gasteiger partial charge < -0.3 is 5.11 Å². The molecule has 0 saturated carbocycles. The van der Waals surface area contributed by atoms with Gasteiger partial charge in [0.05, 0.1) is 10.4 Å². The zero-order valence-electron chi connectivity index (χ0n) is 8.89. The van der Waals surface area contributed by atoms with Crippen molar-refractivity contribution in [3.05, 3.63) is 39.6 Å². The Morgan fingerprint density at radius 1 is 1.31 bits per heavy atom. The molecule has 2 aromatic rings. The van der Waals surface area contributed by atoms with Gasteiger partial charge in [-0.05, 0) is 19.9 Å². The summed E-state index contributed by atoms with van der Waals surface area (Å²) in [6, 6.07) is 4.45. The van der Waals surface area contributed by atoms with Gasteiger partial charge in [0.15, 0.2) is 0 Å². The van der Waals surface area contributed by atoms with Crippen LogP contribution in [0.4, 0.5) is 5.69 Å². The molecule has 1 aromatic heterocycles. The zero-order chi connectivity index (χ0) is 11.9. The Balaban J connectivity index is 2.84. The number of hydrogen-bond acceptors (Lipinski definition) is 4. The lowest BCUT2D eigenvalue weighted by Crippen LogP contribution is -1.93. The van der Waals surface area contributed by atoms with E-state index in [1.807, 2.05) is 0 Å². The maximum atomic E-state index is 10.7. The lowest BCUT2D eigenvalue weighted by atomic mass is 10.1. The van der Waals surface area contributed by atoms with Crippen LogP contribution < -0.4 is 0 Å². The molecule has 0 unspecified atom stereocenters. The summed E-state index contributed by atoms with van der Waals surface area (Å²) in [7, 11) is 0. The first-order chi connectivity index (χ1) is 7.49. The Kier molecular flexibility index (Phi) is 2.23. The Morgan fingerprint density at radius 3 is 2.62 bits per heavy atom. The van der Waals surface area contributed by atoms with Gasteiger partial charge in [-0.2, -0.15) is 0 Å². The number of hydrogen-bond donors (Lipinski definition) is 1. The van der Waals surface area contributed by atoms with Gasteiger partial charge in [0.1, 0.15) is 5.75 Å². The monoisotopic (exact) mass is 218 g/mol. The highest BCUT2D eigenvalue weighted by Gasteiger charge is 2.14. The average molecular weight is 218 g/mol. The summed E-state index contributed by atoms with van der Waals surface area (Å²) in [5.74, 6) is 0.0191. The second kappa shape index (κ2) is 3.44. The maximum absolute atomic E-state index is 10.7.